The lowest BCUT2D eigenvalue weighted by Gasteiger charge is -2.29. The summed E-state index contributed by atoms with van der Waals surface area (Å²) in [5, 5.41) is 2.74. The van der Waals surface area contributed by atoms with Gasteiger partial charge in [-0.2, -0.15) is 0 Å². The van der Waals surface area contributed by atoms with E-state index in [1.807, 2.05) is 0 Å². The third-order valence-electron chi connectivity index (χ3n) is 3.56. The molecule has 0 fully saturated rings. The predicted octanol–water partition coefficient (Wildman–Crippen LogP) is 0.525. The zero-order valence-corrected chi connectivity index (χ0v) is 12.3. The molecule has 112 valence electrons. The maximum absolute atomic E-state index is 12.3. The van der Waals surface area contributed by atoms with Crippen molar-refractivity contribution in [3.63, 3.8) is 0 Å². The molecule has 1 heterocycles. The molecule has 0 saturated carbocycles. The van der Waals surface area contributed by atoms with Gasteiger partial charge < -0.3 is 11.1 Å². The first-order valence-corrected chi connectivity index (χ1v) is 6.77. The van der Waals surface area contributed by atoms with Crippen LogP contribution in [0, 0.1) is 0 Å². The molecule has 21 heavy (non-hydrogen) atoms. The van der Waals surface area contributed by atoms with Gasteiger partial charge in [-0.25, -0.2) is 0 Å². The Balaban J connectivity index is 2.22. The monoisotopic (exact) mass is 289 g/mol. The van der Waals surface area contributed by atoms with E-state index in [0.717, 1.165) is 4.90 Å². The van der Waals surface area contributed by atoms with Crippen LogP contribution in [-0.4, -0.2) is 40.7 Å². The van der Waals surface area contributed by atoms with Crippen molar-refractivity contribution in [3.8, 4) is 0 Å². The van der Waals surface area contributed by atoms with Gasteiger partial charge in [-0.3, -0.25) is 19.3 Å². The highest BCUT2D eigenvalue weighted by atomic mass is 16.2. The van der Waals surface area contributed by atoms with Crippen LogP contribution in [0.2, 0.25) is 0 Å². The van der Waals surface area contributed by atoms with Gasteiger partial charge in [0.2, 0.25) is 5.91 Å². The number of nitrogens with two attached hydrogens (primary N) is 1. The Morgan fingerprint density at radius 1 is 1.24 bits per heavy atom. The average Bonchev–Trinajstić information content (AvgIpc) is 2.70. The maximum Gasteiger partial charge on any atom is 0.262 e. The Hall–Kier alpha value is -2.21. The van der Waals surface area contributed by atoms with Crippen LogP contribution in [0.15, 0.2) is 24.3 Å². The summed E-state index contributed by atoms with van der Waals surface area (Å²) >= 11 is 0. The van der Waals surface area contributed by atoms with Crippen molar-refractivity contribution < 1.29 is 14.4 Å². The van der Waals surface area contributed by atoms with E-state index < -0.39 is 29.3 Å². The van der Waals surface area contributed by atoms with Crippen molar-refractivity contribution in [2.24, 2.45) is 5.73 Å². The largest absolute Gasteiger partial charge is 0.348 e. The molecule has 6 heteroatoms. The SMILES string of the molecule is CC(C(=O)NC(C)(C)CN)N1C(=O)c2ccccc2C1=O. The van der Waals surface area contributed by atoms with Crippen LogP contribution in [0.1, 0.15) is 41.5 Å². The van der Waals surface area contributed by atoms with Crippen molar-refractivity contribution in [2.75, 3.05) is 6.54 Å². The first kappa shape index (κ1) is 15.2. The van der Waals surface area contributed by atoms with Crippen molar-refractivity contribution in [1.82, 2.24) is 10.2 Å². The summed E-state index contributed by atoms with van der Waals surface area (Å²) in [6, 6.07) is 5.67. The number of nitrogens with one attached hydrogen (secondary N) is 1. The smallest absolute Gasteiger partial charge is 0.262 e. The molecule has 3 N–H and O–H groups in total. The standard InChI is InChI=1S/C15H19N3O3/c1-9(12(19)17-15(2,3)8-16)18-13(20)10-6-4-5-7-11(10)14(18)21/h4-7,9H,8,16H2,1-3H3,(H,17,19). The molecule has 0 aromatic heterocycles. The van der Waals surface area contributed by atoms with Crippen molar-refractivity contribution in [3.05, 3.63) is 35.4 Å². The van der Waals surface area contributed by atoms with Crippen LogP contribution >= 0.6 is 0 Å². The quantitative estimate of drug-likeness (QED) is 0.791. The van der Waals surface area contributed by atoms with E-state index in [4.69, 9.17) is 5.73 Å². The van der Waals surface area contributed by atoms with Gasteiger partial charge in [-0.1, -0.05) is 12.1 Å². The minimum Gasteiger partial charge on any atom is -0.348 e. The second-order valence-corrected chi connectivity index (χ2v) is 5.78. The number of amides is 3. The predicted molar refractivity (Wildman–Crippen MR) is 77.7 cm³/mol. The molecule has 0 bridgehead atoms. The van der Waals surface area contributed by atoms with E-state index in [9.17, 15) is 14.4 Å². The summed E-state index contributed by atoms with van der Waals surface area (Å²) in [5.41, 5.74) is 5.64. The molecule has 0 saturated heterocycles. The molecule has 2 rings (SSSR count). The summed E-state index contributed by atoms with van der Waals surface area (Å²) < 4.78 is 0. The van der Waals surface area contributed by atoms with E-state index in [0.29, 0.717) is 11.1 Å². The summed E-state index contributed by atoms with van der Waals surface area (Å²) in [6.45, 7) is 5.34. The molecule has 0 aliphatic carbocycles. The Morgan fingerprint density at radius 3 is 2.14 bits per heavy atom. The fraction of sp³-hybridized carbons (Fsp3) is 0.400. The number of hydrogen-bond donors (Lipinski definition) is 2. The molecule has 0 spiro atoms. The summed E-state index contributed by atoms with van der Waals surface area (Å²) in [4.78, 5) is 37.8. The number of fused-ring (bicyclic) bond motifs is 1. The topological polar surface area (TPSA) is 92.5 Å². The van der Waals surface area contributed by atoms with Crippen LogP contribution in [-0.2, 0) is 4.79 Å². The minimum absolute atomic E-state index is 0.258. The van der Waals surface area contributed by atoms with Crippen molar-refractivity contribution >= 4 is 17.7 Å². The summed E-state index contributed by atoms with van der Waals surface area (Å²) in [6.07, 6.45) is 0. The number of carbonyl (C=O) groups excluding carboxylic acids is 3. The molecule has 3 amide bonds. The normalized spacial score (nSPS) is 15.9. The number of imide groups is 1. The van der Waals surface area contributed by atoms with E-state index in [2.05, 4.69) is 5.32 Å². The van der Waals surface area contributed by atoms with Gasteiger partial charge in [-0.05, 0) is 32.9 Å². The third kappa shape index (κ3) is 2.67. The minimum atomic E-state index is -0.886. The zero-order valence-electron chi connectivity index (χ0n) is 12.3. The van der Waals surface area contributed by atoms with Gasteiger partial charge in [0.15, 0.2) is 0 Å². The average molecular weight is 289 g/mol. The van der Waals surface area contributed by atoms with E-state index in [1.165, 1.54) is 6.92 Å². The Bertz CT molecular complexity index is 575. The lowest BCUT2D eigenvalue weighted by Crippen LogP contribution is -2.56. The van der Waals surface area contributed by atoms with Gasteiger partial charge in [0.25, 0.3) is 11.8 Å². The van der Waals surface area contributed by atoms with Crippen LogP contribution < -0.4 is 11.1 Å². The molecule has 1 aromatic carbocycles. The van der Waals surface area contributed by atoms with Gasteiger partial charge in [-0.15, -0.1) is 0 Å². The van der Waals surface area contributed by atoms with Crippen LogP contribution in [0.5, 0.6) is 0 Å². The summed E-state index contributed by atoms with van der Waals surface area (Å²) in [5.74, 6) is -1.28. The molecule has 1 aromatic rings. The fourth-order valence-corrected chi connectivity index (χ4v) is 2.17. The highest BCUT2D eigenvalue weighted by Crippen LogP contribution is 2.24. The number of nitrogens with zero attached hydrogens (tertiary/aromatic N) is 1. The molecule has 1 aliphatic heterocycles. The Morgan fingerprint density at radius 2 is 1.71 bits per heavy atom. The molecule has 1 unspecified atom stereocenters. The second kappa shape index (κ2) is 5.29. The lowest BCUT2D eigenvalue weighted by molar-refractivity contribution is -0.126. The maximum atomic E-state index is 12.3. The van der Waals surface area contributed by atoms with E-state index >= 15 is 0 Å². The van der Waals surface area contributed by atoms with Crippen LogP contribution in [0.25, 0.3) is 0 Å². The number of hydrogen-bond acceptors (Lipinski definition) is 4. The summed E-state index contributed by atoms with van der Waals surface area (Å²) in [7, 11) is 0. The van der Waals surface area contributed by atoms with E-state index in [-0.39, 0.29) is 6.54 Å². The van der Waals surface area contributed by atoms with Gasteiger partial charge in [0.05, 0.1) is 11.1 Å². The van der Waals surface area contributed by atoms with Crippen molar-refractivity contribution in [1.29, 1.82) is 0 Å². The van der Waals surface area contributed by atoms with Gasteiger partial charge >= 0.3 is 0 Å². The molecular formula is C15H19N3O3. The van der Waals surface area contributed by atoms with Crippen LogP contribution in [0.4, 0.5) is 0 Å². The molecular weight excluding hydrogens is 270 g/mol. The number of carbonyl (C=O) groups is 3. The number of rotatable bonds is 4. The second-order valence-electron chi connectivity index (χ2n) is 5.78. The lowest BCUT2D eigenvalue weighted by atomic mass is 10.1. The highest BCUT2D eigenvalue weighted by Gasteiger charge is 2.41. The fourth-order valence-electron chi connectivity index (χ4n) is 2.17. The van der Waals surface area contributed by atoms with Crippen LogP contribution in [0.3, 0.4) is 0 Å². The molecule has 6 nitrogen and oxygen atoms in total. The van der Waals surface area contributed by atoms with Gasteiger partial charge in [0.1, 0.15) is 6.04 Å². The van der Waals surface area contributed by atoms with Crippen molar-refractivity contribution in [2.45, 2.75) is 32.4 Å². The molecule has 1 atom stereocenters. The first-order chi connectivity index (χ1) is 9.78. The number of benzene rings is 1. The Kier molecular flexibility index (Phi) is 3.82. The first-order valence-electron chi connectivity index (χ1n) is 6.77. The molecule has 0 radical (unpaired) electrons. The zero-order chi connectivity index (χ0) is 15.8. The Labute approximate surface area is 123 Å². The van der Waals surface area contributed by atoms with E-state index in [1.54, 1.807) is 38.1 Å². The third-order valence-corrected chi connectivity index (χ3v) is 3.56. The highest BCUT2D eigenvalue weighted by molar-refractivity contribution is 6.22. The molecule has 1 aliphatic rings. The van der Waals surface area contributed by atoms with Gasteiger partial charge in [0, 0.05) is 12.1 Å².